The summed E-state index contributed by atoms with van der Waals surface area (Å²) in [6.45, 7) is 0. The zero-order valence-corrected chi connectivity index (χ0v) is 33.7. The molecule has 0 aliphatic rings. The van der Waals surface area contributed by atoms with Gasteiger partial charge in [0.25, 0.3) is 0 Å². The lowest BCUT2D eigenvalue weighted by Crippen LogP contribution is -1.97. The molecule has 0 aliphatic carbocycles. The fraction of sp³-hybridized carbons (Fsp3) is 0. The van der Waals surface area contributed by atoms with E-state index in [1.807, 2.05) is 6.07 Å². The van der Waals surface area contributed by atoms with Crippen molar-refractivity contribution >= 4 is 43.6 Å². The first-order valence-electron chi connectivity index (χ1n) is 21.1. The van der Waals surface area contributed by atoms with Gasteiger partial charge < -0.3 is 9.13 Å². The molecule has 62 heavy (non-hydrogen) atoms. The summed E-state index contributed by atoms with van der Waals surface area (Å²) in [6.07, 6.45) is 0. The molecule has 0 fully saturated rings. The van der Waals surface area contributed by atoms with E-state index in [9.17, 15) is 0 Å². The summed E-state index contributed by atoms with van der Waals surface area (Å²) >= 11 is 0. The van der Waals surface area contributed by atoms with Crippen LogP contribution in [-0.2, 0) is 0 Å². The van der Waals surface area contributed by atoms with Gasteiger partial charge in [-0.3, -0.25) is 0 Å². The molecule has 0 spiro atoms. The predicted octanol–water partition coefficient (Wildman–Crippen LogP) is 15.0. The van der Waals surface area contributed by atoms with Crippen molar-refractivity contribution in [2.75, 3.05) is 0 Å². The monoisotopic (exact) mass is 790 g/mol. The van der Waals surface area contributed by atoms with Gasteiger partial charge in [-0.2, -0.15) is 0 Å². The van der Waals surface area contributed by atoms with Crippen molar-refractivity contribution in [3.63, 3.8) is 0 Å². The highest BCUT2D eigenvalue weighted by atomic mass is 15.0. The van der Waals surface area contributed by atoms with E-state index in [2.05, 4.69) is 234 Å². The maximum absolute atomic E-state index is 5.22. The quantitative estimate of drug-likeness (QED) is 0.161. The molecule has 0 unspecified atom stereocenters. The summed E-state index contributed by atoms with van der Waals surface area (Å²) in [5.41, 5.74) is 16.5. The Morgan fingerprint density at radius 3 is 1.44 bits per heavy atom. The van der Waals surface area contributed by atoms with Gasteiger partial charge in [-0.05, 0) is 76.9 Å². The van der Waals surface area contributed by atoms with Crippen LogP contribution in [0.15, 0.2) is 231 Å². The second-order valence-electron chi connectivity index (χ2n) is 15.8. The van der Waals surface area contributed by atoms with Gasteiger partial charge in [-0.1, -0.05) is 176 Å². The van der Waals surface area contributed by atoms with Crippen LogP contribution < -0.4 is 0 Å². The van der Waals surface area contributed by atoms with Crippen LogP contribution in [0.5, 0.6) is 0 Å². The van der Waals surface area contributed by atoms with Crippen molar-refractivity contribution in [3.05, 3.63) is 231 Å². The van der Waals surface area contributed by atoms with Crippen LogP contribution in [-0.4, -0.2) is 19.1 Å². The molecule has 4 heteroatoms. The fourth-order valence-corrected chi connectivity index (χ4v) is 9.21. The lowest BCUT2D eigenvalue weighted by atomic mass is 9.98. The minimum atomic E-state index is 0.690. The molecule has 0 radical (unpaired) electrons. The van der Waals surface area contributed by atoms with E-state index in [0.717, 1.165) is 50.5 Å². The van der Waals surface area contributed by atoms with Crippen molar-refractivity contribution in [1.82, 2.24) is 19.1 Å². The summed E-state index contributed by atoms with van der Waals surface area (Å²) in [5.74, 6) is 0.690. The molecule has 0 atom stereocenters. The third-order valence-corrected chi connectivity index (χ3v) is 12.1. The molecule has 0 saturated carbocycles. The maximum Gasteiger partial charge on any atom is 0.160 e. The SMILES string of the molecule is c1ccc(-c2cccc(-c3ccc(-c4nc(-c5ccccc5)cc(-c5ccc(-n6c7ccccc7c7c6ccc6c8ccccc8n(-c8ccccc8)c67)cc5)n4)cc3)c2)cc1. The molecule has 4 nitrogen and oxygen atoms in total. The van der Waals surface area contributed by atoms with Gasteiger partial charge in [0.15, 0.2) is 5.82 Å². The Kier molecular flexibility index (Phi) is 8.46. The molecule has 0 amide bonds. The van der Waals surface area contributed by atoms with Crippen LogP contribution in [0.1, 0.15) is 0 Å². The lowest BCUT2D eigenvalue weighted by Gasteiger charge is -2.12. The highest BCUT2D eigenvalue weighted by Gasteiger charge is 2.21. The van der Waals surface area contributed by atoms with Gasteiger partial charge in [0.2, 0.25) is 0 Å². The van der Waals surface area contributed by atoms with Crippen LogP contribution in [0.2, 0.25) is 0 Å². The Bertz CT molecular complexity index is 3590. The Morgan fingerprint density at radius 2 is 0.758 bits per heavy atom. The number of hydrogen-bond acceptors (Lipinski definition) is 2. The molecule has 12 rings (SSSR count). The highest BCUT2D eigenvalue weighted by molar-refractivity contribution is 6.26. The number of fused-ring (bicyclic) bond motifs is 7. The van der Waals surface area contributed by atoms with Gasteiger partial charge in [0.1, 0.15) is 0 Å². The highest BCUT2D eigenvalue weighted by Crippen LogP contribution is 2.42. The average molecular weight is 791 g/mol. The fourth-order valence-electron chi connectivity index (χ4n) is 9.21. The van der Waals surface area contributed by atoms with Gasteiger partial charge in [-0.15, -0.1) is 0 Å². The minimum Gasteiger partial charge on any atom is -0.309 e. The van der Waals surface area contributed by atoms with E-state index >= 15 is 0 Å². The normalized spacial score (nSPS) is 11.5. The van der Waals surface area contributed by atoms with Crippen LogP contribution in [0.4, 0.5) is 0 Å². The van der Waals surface area contributed by atoms with Crippen molar-refractivity contribution in [3.8, 4) is 67.5 Å². The van der Waals surface area contributed by atoms with Crippen LogP contribution >= 0.6 is 0 Å². The maximum atomic E-state index is 5.22. The first-order chi connectivity index (χ1) is 30.7. The lowest BCUT2D eigenvalue weighted by molar-refractivity contribution is 1.17. The van der Waals surface area contributed by atoms with Crippen LogP contribution in [0, 0.1) is 0 Å². The smallest absolute Gasteiger partial charge is 0.160 e. The van der Waals surface area contributed by atoms with Crippen molar-refractivity contribution in [2.24, 2.45) is 0 Å². The molecule has 0 saturated heterocycles. The second kappa shape index (κ2) is 14.7. The molecule has 0 aliphatic heterocycles. The van der Waals surface area contributed by atoms with Crippen LogP contribution in [0.25, 0.3) is 111 Å². The molecular weight excluding hydrogens is 753 g/mol. The number of nitrogens with zero attached hydrogens (tertiary/aromatic N) is 4. The first kappa shape index (κ1) is 35.6. The van der Waals surface area contributed by atoms with Gasteiger partial charge in [0, 0.05) is 49.6 Å². The summed E-state index contributed by atoms with van der Waals surface area (Å²) in [7, 11) is 0. The van der Waals surface area contributed by atoms with E-state index in [0.29, 0.717) is 5.82 Å². The van der Waals surface area contributed by atoms with E-state index < -0.39 is 0 Å². The Morgan fingerprint density at radius 1 is 0.274 bits per heavy atom. The van der Waals surface area contributed by atoms with Crippen molar-refractivity contribution in [1.29, 1.82) is 0 Å². The number of benzene rings is 9. The second-order valence-corrected chi connectivity index (χ2v) is 15.8. The summed E-state index contributed by atoms with van der Waals surface area (Å²) in [5, 5.41) is 4.96. The van der Waals surface area contributed by atoms with Crippen LogP contribution in [0.3, 0.4) is 0 Å². The van der Waals surface area contributed by atoms with Gasteiger partial charge >= 0.3 is 0 Å². The minimum absolute atomic E-state index is 0.690. The molecule has 290 valence electrons. The summed E-state index contributed by atoms with van der Waals surface area (Å²) in [6, 6.07) is 82.0. The molecule has 12 aromatic rings. The number of para-hydroxylation sites is 3. The third kappa shape index (κ3) is 6.00. The topological polar surface area (TPSA) is 35.6 Å². The Balaban J connectivity index is 0.962. The molecular formula is C58H38N4. The average Bonchev–Trinajstić information content (AvgIpc) is 3.88. The first-order valence-corrected chi connectivity index (χ1v) is 21.1. The van der Waals surface area contributed by atoms with Gasteiger partial charge in [-0.25, -0.2) is 9.97 Å². The summed E-state index contributed by atoms with van der Waals surface area (Å²) in [4.78, 5) is 10.4. The number of aromatic nitrogens is 4. The molecule has 9 aromatic carbocycles. The number of rotatable bonds is 7. The van der Waals surface area contributed by atoms with Gasteiger partial charge in [0.05, 0.1) is 33.5 Å². The van der Waals surface area contributed by atoms with E-state index in [1.165, 1.54) is 54.8 Å². The molecule has 0 N–H and O–H groups in total. The Labute approximate surface area is 359 Å². The van der Waals surface area contributed by atoms with Crippen molar-refractivity contribution in [2.45, 2.75) is 0 Å². The number of hydrogen-bond donors (Lipinski definition) is 0. The zero-order chi connectivity index (χ0) is 41.0. The van der Waals surface area contributed by atoms with E-state index in [4.69, 9.17) is 9.97 Å². The van der Waals surface area contributed by atoms with E-state index in [-0.39, 0.29) is 0 Å². The zero-order valence-electron chi connectivity index (χ0n) is 33.7. The Hall–Kier alpha value is -8.34. The molecule has 3 heterocycles. The van der Waals surface area contributed by atoms with E-state index in [1.54, 1.807) is 0 Å². The molecule has 3 aromatic heterocycles. The standard InChI is InChI=1S/C58H38N4/c1-4-15-39(16-5-1)44-19-14-20-45(37-44)40-27-29-43(30-28-40)58-59-51(41-17-6-2-7-18-41)38-52(60-58)42-31-33-47(34-32-42)61-54-26-13-11-24-50(54)56-55(61)36-35-49-48-23-10-12-25-53(48)62(57(49)56)46-21-8-3-9-22-46/h1-38H. The third-order valence-electron chi connectivity index (χ3n) is 12.1. The summed E-state index contributed by atoms with van der Waals surface area (Å²) < 4.78 is 4.83. The largest absolute Gasteiger partial charge is 0.309 e. The van der Waals surface area contributed by atoms with Crippen molar-refractivity contribution < 1.29 is 0 Å². The predicted molar refractivity (Wildman–Crippen MR) is 258 cm³/mol. The molecule has 0 bridgehead atoms.